The summed E-state index contributed by atoms with van der Waals surface area (Å²) >= 11 is 0. The van der Waals surface area contributed by atoms with Crippen molar-refractivity contribution in [3.63, 3.8) is 0 Å². The minimum Gasteiger partial charge on any atom is -0.443 e. The van der Waals surface area contributed by atoms with Crippen molar-refractivity contribution in [1.82, 2.24) is 0 Å². The predicted molar refractivity (Wildman–Crippen MR) is 93.4 cm³/mol. The number of fused-ring (bicyclic) bond motifs is 2. The monoisotopic (exact) mass is 314 g/mol. The van der Waals surface area contributed by atoms with Crippen LogP contribution in [-0.2, 0) is 17.4 Å². The lowest BCUT2D eigenvalue weighted by Gasteiger charge is -2.26. The van der Waals surface area contributed by atoms with Crippen LogP contribution in [0.1, 0.15) is 33.4 Å². The highest BCUT2D eigenvalue weighted by Crippen LogP contribution is 2.44. The number of hydrogen-bond donors (Lipinski definition) is 0. The average molecular weight is 314 g/mol. The van der Waals surface area contributed by atoms with E-state index in [9.17, 15) is 0 Å². The van der Waals surface area contributed by atoms with Crippen LogP contribution < -0.4 is 9.83 Å². The number of aryl methyl sites for hydroxylation is 5. The zero-order valence-electron chi connectivity index (χ0n) is 14.0. The van der Waals surface area contributed by atoms with E-state index in [1.54, 1.807) is 7.11 Å². The molecule has 0 spiro atoms. The third-order valence-corrected chi connectivity index (χ3v) is 5.74. The van der Waals surface area contributed by atoms with Gasteiger partial charge in [-0.05, 0) is 68.9 Å². The fourth-order valence-corrected chi connectivity index (χ4v) is 4.96. The van der Waals surface area contributed by atoms with Crippen molar-refractivity contribution >= 4 is 13.7 Å². The molecular formula is C19H23O2P. The lowest BCUT2D eigenvalue weighted by atomic mass is 9.96. The molecule has 2 aromatic rings. The summed E-state index contributed by atoms with van der Waals surface area (Å²) < 4.78 is 12.1. The lowest BCUT2D eigenvalue weighted by molar-refractivity contribution is 0.401. The highest BCUT2D eigenvalue weighted by Gasteiger charge is 2.25. The Hall–Kier alpha value is -1.37. The van der Waals surface area contributed by atoms with Crippen LogP contribution in [0.3, 0.4) is 0 Å². The highest BCUT2D eigenvalue weighted by molar-refractivity contribution is 7.56. The second-order valence-electron chi connectivity index (χ2n) is 6.18. The van der Waals surface area contributed by atoms with Gasteiger partial charge in [0.1, 0.15) is 5.75 Å². The van der Waals surface area contributed by atoms with E-state index in [0.717, 1.165) is 18.6 Å². The fourth-order valence-electron chi connectivity index (χ4n) is 3.35. The summed E-state index contributed by atoms with van der Waals surface area (Å²) in [4.78, 5) is 0. The van der Waals surface area contributed by atoms with Crippen molar-refractivity contribution in [3.8, 4) is 5.75 Å². The van der Waals surface area contributed by atoms with Gasteiger partial charge in [0, 0.05) is 12.4 Å². The lowest BCUT2D eigenvalue weighted by Crippen LogP contribution is -2.19. The van der Waals surface area contributed by atoms with Crippen LogP contribution in [0.4, 0.5) is 0 Å². The van der Waals surface area contributed by atoms with E-state index < -0.39 is 8.38 Å². The highest BCUT2D eigenvalue weighted by atomic mass is 31.2. The molecular weight excluding hydrogens is 291 g/mol. The Morgan fingerprint density at radius 1 is 0.909 bits per heavy atom. The molecule has 1 atom stereocenters. The first-order valence-electron chi connectivity index (χ1n) is 7.72. The summed E-state index contributed by atoms with van der Waals surface area (Å²) in [7, 11) is 0.674. The third kappa shape index (κ3) is 2.78. The van der Waals surface area contributed by atoms with Crippen LogP contribution in [0, 0.1) is 27.7 Å². The molecule has 1 aliphatic heterocycles. The smallest absolute Gasteiger partial charge is 0.265 e. The molecule has 0 saturated heterocycles. The van der Waals surface area contributed by atoms with Gasteiger partial charge < -0.3 is 9.05 Å². The van der Waals surface area contributed by atoms with Crippen LogP contribution in [0.2, 0.25) is 0 Å². The van der Waals surface area contributed by atoms with Crippen LogP contribution >= 0.6 is 8.38 Å². The molecule has 0 aliphatic carbocycles. The molecule has 22 heavy (non-hydrogen) atoms. The predicted octanol–water partition coefficient (Wildman–Crippen LogP) is 4.68. The van der Waals surface area contributed by atoms with Gasteiger partial charge in [0.2, 0.25) is 0 Å². The van der Waals surface area contributed by atoms with E-state index >= 15 is 0 Å². The van der Waals surface area contributed by atoms with Crippen molar-refractivity contribution in [2.24, 2.45) is 0 Å². The molecule has 1 heterocycles. The molecule has 0 amide bonds. The molecule has 0 saturated carbocycles. The fraction of sp³-hybridized carbons (Fsp3) is 0.368. The second-order valence-corrected chi connectivity index (χ2v) is 7.72. The molecule has 1 aliphatic rings. The van der Waals surface area contributed by atoms with Crippen molar-refractivity contribution in [2.75, 3.05) is 7.11 Å². The van der Waals surface area contributed by atoms with Crippen molar-refractivity contribution in [1.29, 1.82) is 0 Å². The minimum absolute atomic E-state index is 1.02. The van der Waals surface area contributed by atoms with Gasteiger partial charge in [-0.2, -0.15) is 0 Å². The molecule has 0 radical (unpaired) electrons. The van der Waals surface area contributed by atoms with E-state index in [2.05, 4.69) is 52.0 Å². The molecule has 116 valence electrons. The first-order valence-corrected chi connectivity index (χ1v) is 8.90. The summed E-state index contributed by atoms with van der Waals surface area (Å²) in [5.74, 6) is 1.02. The summed E-state index contributed by atoms with van der Waals surface area (Å²) in [6.07, 6.45) is 2.06. The summed E-state index contributed by atoms with van der Waals surface area (Å²) in [5, 5.41) is 1.24. The Morgan fingerprint density at radius 3 is 2.32 bits per heavy atom. The molecule has 2 aromatic carbocycles. The molecule has 2 nitrogen and oxygen atoms in total. The van der Waals surface area contributed by atoms with Crippen LogP contribution in [0.5, 0.6) is 5.75 Å². The topological polar surface area (TPSA) is 18.5 Å². The van der Waals surface area contributed by atoms with Gasteiger partial charge in [-0.1, -0.05) is 29.3 Å². The molecule has 3 heteroatoms. The van der Waals surface area contributed by atoms with Gasteiger partial charge in [-0.3, -0.25) is 0 Å². The van der Waals surface area contributed by atoms with E-state index in [-0.39, 0.29) is 0 Å². The van der Waals surface area contributed by atoms with Crippen LogP contribution in [-0.4, -0.2) is 7.11 Å². The quantitative estimate of drug-likeness (QED) is 0.711. The van der Waals surface area contributed by atoms with Crippen molar-refractivity contribution in [2.45, 2.75) is 40.5 Å². The van der Waals surface area contributed by atoms with E-state index in [1.807, 2.05) is 0 Å². The Labute approximate surface area is 134 Å². The Morgan fingerprint density at radius 2 is 1.59 bits per heavy atom. The van der Waals surface area contributed by atoms with E-state index in [1.165, 1.54) is 38.7 Å². The molecule has 3 rings (SSSR count). The maximum Gasteiger partial charge on any atom is 0.265 e. The number of benzene rings is 2. The Kier molecular flexibility index (Phi) is 4.25. The first-order chi connectivity index (χ1) is 10.5. The Balaban J connectivity index is 2.14. The molecule has 0 N–H and O–H groups in total. The van der Waals surface area contributed by atoms with Crippen molar-refractivity contribution < 1.29 is 9.05 Å². The second kappa shape index (κ2) is 6.02. The van der Waals surface area contributed by atoms with E-state index in [4.69, 9.17) is 9.05 Å². The summed E-state index contributed by atoms with van der Waals surface area (Å²) in [6, 6.07) is 8.92. The maximum absolute atomic E-state index is 6.35. The van der Waals surface area contributed by atoms with Crippen molar-refractivity contribution in [3.05, 3.63) is 57.6 Å². The van der Waals surface area contributed by atoms with Crippen LogP contribution in [0.25, 0.3) is 0 Å². The summed E-state index contributed by atoms with van der Waals surface area (Å²) in [5.41, 5.74) is 7.80. The standard InChI is InChI=1S/C19H23O2P/c1-12-9-15(4)19-16(10-12)6-7-17-14(3)8-13(2)11-18(17)22(20-5)21-19/h8-11H,6-7H2,1-5H3. The minimum atomic E-state index is -1.07. The first kappa shape index (κ1) is 15.5. The van der Waals surface area contributed by atoms with Gasteiger partial charge in [0.05, 0.1) is 0 Å². The maximum atomic E-state index is 6.35. The average Bonchev–Trinajstić information content (AvgIpc) is 2.42. The summed E-state index contributed by atoms with van der Waals surface area (Å²) in [6.45, 7) is 8.60. The van der Waals surface area contributed by atoms with Gasteiger partial charge in [0.15, 0.2) is 0 Å². The van der Waals surface area contributed by atoms with E-state index in [0.29, 0.717) is 0 Å². The zero-order valence-corrected chi connectivity index (χ0v) is 14.9. The van der Waals surface area contributed by atoms with Gasteiger partial charge in [-0.15, -0.1) is 0 Å². The van der Waals surface area contributed by atoms with Gasteiger partial charge in [-0.25, -0.2) is 0 Å². The Bertz CT molecular complexity index is 722. The molecule has 0 fully saturated rings. The normalized spacial score (nSPS) is 17.0. The zero-order chi connectivity index (χ0) is 15.9. The molecule has 0 bridgehead atoms. The number of rotatable bonds is 1. The largest absolute Gasteiger partial charge is 0.443 e. The SMILES string of the molecule is COP1Oc2c(C)cc(C)cc2CCc2c(C)cc(C)cc21. The van der Waals surface area contributed by atoms with Gasteiger partial charge in [0.25, 0.3) is 8.38 Å². The molecule has 1 unspecified atom stereocenters. The molecule has 0 aromatic heterocycles. The third-order valence-electron chi connectivity index (χ3n) is 4.27. The van der Waals surface area contributed by atoms with Gasteiger partial charge >= 0.3 is 0 Å². The number of hydrogen-bond acceptors (Lipinski definition) is 2. The van der Waals surface area contributed by atoms with Crippen LogP contribution in [0.15, 0.2) is 24.3 Å².